The van der Waals surface area contributed by atoms with Gasteiger partial charge in [0.1, 0.15) is 0 Å². The van der Waals surface area contributed by atoms with Crippen molar-refractivity contribution in [1.29, 1.82) is 0 Å². The second-order valence-electron chi connectivity index (χ2n) is 4.89. The summed E-state index contributed by atoms with van der Waals surface area (Å²) >= 11 is 0. The summed E-state index contributed by atoms with van der Waals surface area (Å²) in [4.78, 5) is 16.2. The number of hydrogen-bond acceptors (Lipinski definition) is 3. The Morgan fingerprint density at radius 3 is 2.40 bits per heavy atom. The van der Waals surface area contributed by atoms with Crippen molar-refractivity contribution in [2.75, 3.05) is 32.8 Å². The maximum absolute atomic E-state index is 12.3. The Balaban J connectivity index is 2.57. The minimum Gasteiger partial charge on any atom is -0.395 e. The lowest BCUT2D eigenvalue weighted by Gasteiger charge is -2.26. The first-order chi connectivity index (χ1) is 9.71. The molecule has 4 nitrogen and oxygen atoms in total. The topological polar surface area (TPSA) is 43.8 Å². The fraction of sp³-hybridized carbons (Fsp3) is 0.562. The van der Waals surface area contributed by atoms with Crippen LogP contribution in [0.3, 0.4) is 0 Å². The molecule has 0 radical (unpaired) electrons. The molecule has 1 rings (SSSR count). The predicted molar refractivity (Wildman–Crippen MR) is 81.3 cm³/mol. The van der Waals surface area contributed by atoms with Crippen LogP contribution in [0.5, 0.6) is 0 Å². The molecule has 0 saturated carbocycles. The Hall–Kier alpha value is -1.39. The van der Waals surface area contributed by atoms with Crippen molar-refractivity contribution in [3.63, 3.8) is 0 Å². The molecular formula is C16H26N2O2. The first-order valence-electron chi connectivity index (χ1n) is 7.36. The zero-order chi connectivity index (χ0) is 14.8. The molecule has 0 bridgehead atoms. The van der Waals surface area contributed by atoms with Crippen molar-refractivity contribution in [2.45, 2.75) is 26.8 Å². The van der Waals surface area contributed by atoms with Crippen molar-refractivity contribution in [2.24, 2.45) is 0 Å². The molecule has 0 heterocycles. The number of hydrogen-bond donors (Lipinski definition) is 1. The van der Waals surface area contributed by atoms with Crippen LogP contribution in [0, 0.1) is 0 Å². The van der Waals surface area contributed by atoms with Crippen molar-refractivity contribution >= 4 is 5.91 Å². The van der Waals surface area contributed by atoms with Gasteiger partial charge in [0.2, 0.25) is 5.91 Å². The second kappa shape index (κ2) is 9.50. The molecule has 0 unspecified atom stereocenters. The van der Waals surface area contributed by atoms with E-state index in [1.54, 1.807) is 0 Å². The van der Waals surface area contributed by atoms with Crippen LogP contribution in [-0.2, 0) is 11.3 Å². The molecule has 112 valence electrons. The fourth-order valence-electron chi connectivity index (χ4n) is 2.20. The Morgan fingerprint density at radius 2 is 1.85 bits per heavy atom. The van der Waals surface area contributed by atoms with Gasteiger partial charge in [-0.05, 0) is 25.5 Å². The average molecular weight is 278 g/mol. The molecule has 20 heavy (non-hydrogen) atoms. The van der Waals surface area contributed by atoms with E-state index in [1.165, 1.54) is 0 Å². The van der Waals surface area contributed by atoms with Crippen LogP contribution in [0.25, 0.3) is 0 Å². The number of rotatable bonds is 9. The number of aliphatic hydroxyl groups excluding tert-OH is 1. The molecule has 0 aliphatic rings. The van der Waals surface area contributed by atoms with Gasteiger partial charge in [-0.3, -0.25) is 9.69 Å². The molecule has 0 aliphatic carbocycles. The van der Waals surface area contributed by atoms with Crippen LogP contribution < -0.4 is 0 Å². The summed E-state index contributed by atoms with van der Waals surface area (Å²) in [5, 5.41) is 9.04. The van der Waals surface area contributed by atoms with Crippen molar-refractivity contribution in [3.05, 3.63) is 35.9 Å². The van der Waals surface area contributed by atoms with Gasteiger partial charge in [0, 0.05) is 19.6 Å². The molecule has 0 aromatic heterocycles. The summed E-state index contributed by atoms with van der Waals surface area (Å²) < 4.78 is 0. The van der Waals surface area contributed by atoms with Crippen LogP contribution in [-0.4, -0.2) is 53.6 Å². The van der Waals surface area contributed by atoms with Gasteiger partial charge in [0.05, 0.1) is 13.2 Å². The number of aliphatic hydroxyl groups is 1. The monoisotopic (exact) mass is 278 g/mol. The normalized spacial score (nSPS) is 10.8. The summed E-state index contributed by atoms with van der Waals surface area (Å²) in [6.45, 7) is 7.31. The van der Waals surface area contributed by atoms with E-state index >= 15 is 0 Å². The third-order valence-electron chi connectivity index (χ3n) is 3.27. The lowest BCUT2D eigenvalue weighted by atomic mass is 10.2. The van der Waals surface area contributed by atoms with Gasteiger partial charge in [-0.1, -0.05) is 37.3 Å². The Morgan fingerprint density at radius 1 is 1.15 bits per heavy atom. The van der Waals surface area contributed by atoms with E-state index in [2.05, 4.69) is 6.92 Å². The van der Waals surface area contributed by atoms with Gasteiger partial charge in [-0.15, -0.1) is 0 Å². The lowest BCUT2D eigenvalue weighted by Crippen LogP contribution is -2.41. The third-order valence-corrected chi connectivity index (χ3v) is 3.27. The zero-order valence-electron chi connectivity index (χ0n) is 12.6. The van der Waals surface area contributed by atoms with Crippen LogP contribution in [0.2, 0.25) is 0 Å². The van der Waals surface area contributed by atoms with Crippen molar-refractivity contribution in [3.8, 4) is 0 Å². The Labute approximate surface area is 122 Å². The first kappa shape index (κ1) is 16.7. The highest BCUT2D eigenvalue weighted by Crippen LogP contribution is 2.05. The first-order valence-corrected chi connectivity index (χ1v) is 7.36. The fourth-order valence-corrected chi connectivity index (χ4v) is 2.20. The number of benzene rings is 1. The molecule has 1 aromatic carbocycles. The van der Waals surface area contributed by atoms with E-state index in [-0.39, 0.29) is 12.5 Å². The van der Waals surface area contributed by atoms with E-state index in [1.807, 2.05) is 47.1 Å². The van der Waals surface area contributed by atoms with E-state index in [4.69, 9.17) is 5.11 Å². The molecule has 0 fully saturated rings. The summed E-state index contributed by atoms with van der Waals surface area (Å²) in [7, 11) is 0. The highest BCUT2D eigenvalue weighted by Gasteiger charge is 2.15. The van der Waals surface area contributed by atoms with Gasteiger partial charge in [0.25, 0.3) is 0 Å². The van der Waals surface area contributed by atoms with Gasteiger partial charge in [0.15, 0.2) is 0 Å². The van der Waals surface area contributed by atoms with Gasteiger partial charge < -0.3 is 10.0 Å². The number of amides is 1. The number of nitrogens with zero attached hydrogens (tertiary/aromatic N) is 2. The highest BCUT2D eigenvalue weighted by molar-refractivity contribution is 5.78. The van der Waals surface area contributed by atoms with Gasteiger partial charge >= 0.3 is 0 Å². The molecule has 0 aliphatic heterocycles. The summed E-state index contributed by atoms with van der Waals surface area (Å²) in [5.41, 5.74) is 1.15. The quantitative estimate of drug-likeness (QED) is 0.748. The van der Waals surface area contributed by atoms with Gasteiger partial charge in [-0.2, -0.15) is 0 Å². The maximum atomic E-state index is 12.3. The molecule has 1 N–H and O–H groups in total. The van der Waals surface area contributed by atoms with E-state index in [0.717, 1.165) is 18.5 Å². The SMILES string of the molecule is CCCN(CCO)CC(=O)N(CC)Cc1ccccc1. The molecule has 0 saturated heterocycles. The molecule has 4 heteroatoms. The largest absolute Gasteiger partial charge is 0.395 e. The second-order valence-corrected chi connectivity index (χ2v) is 4.89. The maximum Gasteiger partial charge on any atom is 0.237 e. The van der Waals surface area contributed by atoms with Crippen molar-refractivity contribution in [1.82, 2.24) is 9.80 Å². The minimum atomic E-state index is 0.0953. The Kier molecular flexibility index (Phi) is 7.92. The molecule has 1 aromatic rings. The number of likely N-dealkylation sites (N-methyl/N-ethyl adjacent to an activating group) is 1. The highest BCUT2D eigenvalue weighted by atomic mass is 16.3. The van der Waals surface area contributed by atoms with E-state index < -0.39 is 0 Å². The summed E-state index contributed by atoms with van der Waals surface area (Å²) in [5.74, 6) is 0.123. The Bertz CT molecular complexity index is 375. The van der Waals surface area contributed by atoms with Crippen molar-refractivity contribution < 1.29 is 9.90 Å². The van der Waals surface area contributed by atoms with Crippen LogP contribution in [0.15, 0.2) is 30.3 Å². The average Bonchev–Trinajstić information content (AvgIpc) is 2.46. The smallest absolute Gasteiger partial charge is 0.237 e. The van der Waals surface area contributed by atoms with Gasteiger partial charge in [-0.25, -0.2) is 0 Å². The number of carbonyl (C=O) groups is 1. The lowest BCUT2D eigenvalue weighted by molar-refractivity contribution is -0.133. The van der Waals surface area contributed by atoms with Crippen LogP contribution >= 0.6 is 0 Å². The standard InChI is InChI=1S/C16H26N2O2/c1-3-10-17(11-12-19)14-16(20)18(4-2)13-15-8-6-5-7-9-15/h5-9,19H,3-4,10-14H2,1-2H3. The molecule has 0 atom stereocenters. The van der Waals surface area contributed by atoms with E-state index in [9.17, 15) is 4.79 Å². The predicted octanol–water partition coefficient (Wildman–Crippen LogP) is 1.74. The summed E-state index contributed by atoms with van der Waals surface area (Å²) in [6, 6.07) is 10.0. The third kappa shape index (κ3) is 5.72. The zero-order valence-corrected chi connectivity index (χ0v) is 12.6. The minimum absolute atomic E-state index is 0.0953. The summed E-state index contributed by atoms with van der Waals surface area (Å²) in [6.07, 6.45) is 0.984. The van der Waals surface area contributed by atoms with Crippen LogP contribution in [0.4, 0.5) is 0 Å². The number of carbonyl (C=O) groups excluding carboxylic acids is 1. The molecular weight excluding hydrogens is 252 g/mol. The van der Waals surface area contributed by atoms with Crippen LogP contribution in [0.1, 0.15) is 25.8 Å². The molecule has 0 spiro atoms. The van der Waals surface area contributed by atoms with E-state index in [0.29, 0.717) is 26.2 Å². The molecule has 1 amide bonds.